The first-order valence-electron chi connectivity index (χ1n) is 9.58. The third kappa shape index (κ3) is 4.29. The molecule has 0 atom stereocenters. The fourth-order valence-corrected chi connectivity index (χ4v) is 3.29. The highest BCUT2D eigenvalue weighted by Crippen LogP contribution is 2.34. The third-order valence-corrected chi connectivity index (χ3v) is 4.86. The highest BCUT2D eigenvalue weighted by atomic mass is 19.3. The summed E-state index contributed by atoms with van der Waals surface area (Å²) in [5.41, 5.74) is 3.86. The number of fused-ring (bicyclic) bond motifs is 1. The molecule has 2 aromatic carbocycles. The Balaban J connectivity index is 1.81. The van der Waals surface area contributed by atoms with Gasteiger partial charge in [0.25, 0.3) is 0 Å². The monoisotopic (exact) mass is 437 g/mol. The molecule has 0 aliphatic heterocycles. The van der Waals surface area contributed by atoms with Gasteiger partial charge in [0.2, 0.25) is 0 Å². The molecule has 0 unspecified atom stereocenters. The topological polar surface area (TPSA) is 91.6 Å². The van der Waals surface area contributed by atoms with Crippen LogP contribution in [0, 0.1) is 0 Å². The summed E-state index contributed by atoms with van der Waals surface area (Å²) in [5, 5.41) is 4.16. The van der Waals surface area contributed by atoms with Crippen LogP contribution in [-0.2, 0) is 16.8 Å². The molecule has 4 rings (SSSR count). The maximum Gasteiger partial charge on any atom is 0.368 e. The molecule has 164 valence electrons. The van der Waals surface area contributed by atoms with E-state index in [1.165, 1.54) is 14.2 Å². The van der Waals surface area contributed by atoms with Crippen molar-refractivity contribution >= 4 is 28.4 Å². The van der Waals surface area contributed by atoms with Crippen LogP contribution in [0.4, 0.5) is 15.9 Å². The van der Waals surface area contributed by atoms with Crippen molar-refractivity contribution in [2.75, 3.05) is 25.7 Å². The minimum atomic E-state index is -1.05. The van der Waals surface area contributed by atoms with Crippen molar-refractivity contribution in [2.24, 2.45) is 7.05 Å². The minimum absolute atomic E-state index is 0.381. The number of anilines is 2. The summed E-state index contributed by atoms with van der Waals surface area (Å²) in [6.07, 6.45) is 5.21. The summed E-state index contributed by atoms with van der Waals surface area (Å²) < 4.78 is 24.9. The molecule has 0 bridgehead atoms. The van der Waals surface area contributed by atoms with E-state index in [0.29, 0.717) is 39.6 Å². The van der Waals surface area contributed by atoms with Crippen LogP contribution in [0.3, 0.4) is 0 Å². The Labute approximate surface area is 182 Å². The molecule has 0 N–H and O–H groups in total. The van der Waals surface area contributed by atoms with Gasteiger partial charge in [0.15, 0.2) is 0 Å². The molecule has 2 aromatic heterocycles. The van der Waals surface area contributed by atoms with E-state index in [1.54, 1.807) is 58.4 Å². The van der Waals surface area contributed by atoms with Gasteiger partial charge in [0.1, 0.15) is 18.0 Å². The van der Waals surface area contributed by atoms with Gasteiger partial charge in [-0.25, -0.2) is 9.78 Å². The SMILES string of the molecule is COc1cc(OC)cc(N(CC(=O)OF)c2ccc3ncc(-c4cnn(C)c4)nc3c2)c1. The number of aromatic nitrogens is 4. The number of benzene rings is 2. The summed E-state index contributed by atoms with van der Waals surface area (Å²) in [7, 11) is 4.86. The van der Waals surface area contributed by atoms with Gasteiger partial charge in [-0.3, -0.25) is 14.6 Å². The minimum Gasteiger partial charge on any atom is -0.497 e. The fourth-order valence-electron chi connectivity index (χ4n) is 3.29. The molecule has 0 spiro atoms. The van der Waals surface area contributed by atoms with Gasteiger partial charge < -0.3 is 14.4 Å². The first-order chi connectivity index (χ1) is 15.5. The maximum atomic E-state index is 12.6. The van der Waals surface area contributed by atoms with Crippen molar-refractivity contribution in [2.45, 2.75) is 0 Å². The summed E-state index contributed by atoms with van der Waals surface area (Å²) in [6, 6.07) is 10.4. The van der Waals surface area contributed by atoms with Crippen LogP contribution in [-0.4, -0.2) is 46.5 Å². The van der Waals surface area contributed by atoms with Gasteiger partial charge >= 0.3 is 5.97 Å². The van der Waals surface area contributed by atoms with Crippen molar-refractivity contribution in [3.63, 3.8) is 0 Å². The zero-order valence-corrected chi connectivity index (χ0v) is 17.7. The number of carbonyl (C=O) groups is 1. The molecular formula is C22H20FN5O4. The summed E-state index contributed by atoms with van der Waals surface area (Å²) in [4.78, 5) is 26.0. The largest absolute Gasteiger partial charge is 0.497 e. The Morgan fingerprint density at radius 3 is 2.41 bits per heavy atom. The zero-order chi connectivity index (χ0) is 22.7. The number of methoxy groups -OCH3 is 2. The van der Waals surface area contributed by atoms with Crippen LogP contribution >= 0.6 is 0 Å². The highest BCUT2D eigenvalue weighted by molar-refractivity contribution is 5.86. The van der Waals surface area contributed by atoms with E-state index in [-0.39, 0.29) is 6.54 Å². The molecule has 10 heteroatoms. The van der Waals surface area contributed by atoms with E-state index in [4.69, 9.17) is 9.47 Å². The van der Waals surface area contributed by atoms with Crippen molar-refractivity contribution in [3.05, 3.63) is 55.0 Å². The van der Waals surface area contributed by atoms with Crippen LogP contribution < -0.4 is 14.4 Å². The average Bonchev–Trinajstić information content (AvgIpc) is 3.27. The predicted molar refractivity (Wildman–Crippen MR) is 115 cm³/mol. The van der Waals surface area contributed by atoms with Gasteiger partial charge in [-0.05, 0) is 18.2 Å². The van der Waals surface area contributed by atoms with E-state index in [9.17, 15) is 9.32 Å². The van der Waals surface area contributed by atoms with E-state index in [1.807, 2.05) is 13.2 Å². The molecular weight excluding hydrogens is 417 g/mol. The van der Waals surface area contributed by atoms with Gasteiger partial charge in [-0.2, -0.15) is 5.10 Å². The summed E-state index contributed by atoms with van der Waals surface area (Å²) >= 11 is 0. The van der Waals surface area contributed by atoms with Gasteiger partial charge in [-0.15, -0.1) is 0 Å². The third-order valence-electron chi connectivity index (χ3n) is 4.86. The predicted octanol–water partition coefficient (Wildman–Crippen LogP) is 3.61. The van der Waals surface area contributed by atoms with E-state index in [0.717, 1.165) is 5.56 Å². The smallest absolute Gasteiger partial charge is 0.368 e. The second-order valence-corrected chi connectivity index (χ2v) is 6.94. The van der Waals surface area contributed by atoms with E-state index in [2.05, 4.69) is 20.0 Å². The molecule has 0 saturated heterocycles. The lowest BCUT2D eigenvalue weighted by atomic mass is 10.2. The van der Waals surface area contributed by atoms with Crippen molar-refractivity contribution in [1.82, 2.24) is 19.7 Å². The molecule has 0 saturated carbocycles. The molecule has 0 amide bonds. The highest BCUT2D eigenvalue weighted by Gasteiger charge is 2.19. The van der Waals surface area contributed by atoms with E-state index >= 15 is 0 Å². The first-order valence-corrected chi connectivity index (χ1v) is 9.58. The lowest BCUT2D eigenvalue weighted by molar-refractivity contribution is -0.181. The van der Waals surface area contributed by atoms with E-state index < -0.39 is 5.97 Å². The molecule has 0 radical (unpaired) electrons. The van der Waals surface area contributed by atoms with Crippen LogP contribution in [0.15, 0.2) is 55.0 Å². The second kappa shape index (κ2) is 8.88. The quantitative estimate of drug-likeness (QED) is 0.433. The molecule has 0 aliphatic rings. The van der Waals surface area contributed by atoms with Gasteiger partial charge in [-0.1, -0.05) is 0 Å². The van der Waals surface area contributed by atoms with Crippen molar-refractivity contribution < 1.29 is 23.7 Å². The fraction of sp³-hybridized carbons (Fsp3) is 0.182. The number of ether oxygens (including phenoxy) is 2. The van der Waals surface area contributed by atoms with Gasteiger partial charge in [0.05, 0.1) is 43.3 Å². The molecule has 0 aliphatic carbocycles. The van der Waals surface area contributed by atoms with Crippen LogP contribution in [0.1, 0.15) is 0 Å². The number of nitrogens with zero attached hydrogens (tertiary/aromatic N) is 5. The Bertz CT molecular complexity index is 1250. The first kappa shape index (κ1) is 21.0. The number of hydrogen-bond donors (Lipinski definition) is 0. The second-order valence-electron chi connectivity index (χ2n) is 6.94. The molecule has 2 heterocycles. The van der Waals surface area contributed by atoms with Crippen LogP contribution in [0.25, 0.3) is 22.3 Å². The van der Waals surface area contributed by atoms with Crippen LogP contribution in [0.5, 0.6) is 11.5 Å². The molecule has 32 heavy (non-hydrogen) atoms. The molecule has 0 fully saturated rings. The number of hydrogen-bond acceptors (Lipinski definition) is 8. The Hall–Kier alpha value is -4.21. The average molecular weight is 437 g/mol. The number of halogens is 1. The molecule has 4 aromatic rings. The van der Waals surface area contributed by atoms with Crippen LogP contribution in [0.2, 0.25) is 0 Å². The number of aryl methyl sites for hydroxylation is 1. The summed E-state index contributed by atoms with van der Waals surface area (Å²) in [5.74, 6) is -0.0306. The van der Waals surface area contributed by atoms with Gasteiger partial charge in [0, 0.05) is 52.9 Å². The Kier molecular flexibility index (Phi) is 5.84. The number of rotatable bonds is 7. The molecule has 9 nitrogen and oxygen atoms in total. The summed E-state index contributed by atoms with van der Waals surface area (Å²) in [6.45, 7) is -0.381. The normalized spacial score (nSPS) is 10.8. The lowest BCUT2D eigenvalue weighted by Crippen LogP contribution is -2.25. The zero-order valence-electron chi connectivity index (χ0n) is 17.7. The standard InChI is InChI=1S/C22H20FN5O4/c1-27-12-14(10-25-27)21-11-24-19-5-4-15(8-20(19)26-21)28(13-22(29)32-23)16-6-17(30-2)9-18(7-16)31-3/h4-12H,13H2,1-3H3. The lowest BCUT2D eigenvalue weighted by Gasteiger charge is -2.24. The van der Waals surface area contributed by atoms with Crippen molar-refractivity contribution in [3.8, 4) is 22.8 Å². The number of carbonyl (C=O) groups excluding carboxylic acids is 1. The Morgan fingerprint density at radius 1 is 1.03 bits per heavy atom. The van der Waals surface area contributed by atoms with Crippen molar-refractivity contribution in [1.29, 1.82) is 0 Å². The maximum absolute atomic E-state index is 12.6. The Morgan fingerprint density at radius 2 is 1.78 bits per heavy atom.